The molecule has 3 nitrogen and oxygen atoms in total. The van der Waals surface area contributed by atoms with Crippen LogP contribution < -0.4 is 9.47 Å². The predicted octanol–water partition coefficient (Wildman–Crippen LogP) is 2.19. The van der Waals surface area contributed by atoms with E-state index in [1.165, 1.54) is 6.92 Å². The molecule has 0 bridgehead atoms. The van der Waals surface area contributed by atoms with Crippen molar-refractivity contribution in [3.05, 3.63) is 30.7 Å². The van der Waals surface area contributed by atoms with Crippen LogP contribution in [0.3, 0.4) is 0 Å². The molecule has 14 heavy (non-hydrogen) atoms. The van der Waals surface area contributed by atoms with Crippen molar-refractivity contribution in [2.24, 2.45) is 0 Å². The van der Waals surface area contributed by atoms with E-state index in [4.69, 9.17) is 9.47 Å². The van der Waals surface area contributed by atoms with Gasteiger partial charge in [0.1, 0.15) is 11.5 Å². The van der Waals surface area contributed by atoms with Gasteiger partial charge in [-0.1, -0.05) is 0 Å². The molecule has 1 aromatic carbocycles. The van der Waals surface area contributed by atoms with E-state index in [1.54, 1.807) is 18.2 Å². The SMILES string of the molecule is [CH2]c1cc(OCC)cc(OC(C)=O)c1. The van der Waals surface area contributed by atoms with Gasteiger partial charge in [-0.3, -0.25) is 4.79 Å². The summed E-state index contributed by atoms with van der Waals surface area (Å²) in [4.78, 5) is 10.7. The number of hydrogen-bond donors (Lipinski definition) is 0. The third-order valence-corrected chi connectivity index (χ3v) is 1.51. The highest BCUT2D eigenvalue weighted by Gasteiger charge is 2.02. The van der Waals surface area contributed by atoms with Gasteiger partial charge in [0, 0.05) is 13.0 Å². The minimum absolute atomic E-state index is 0.349. The number of hydrogen-bond acceptors (Lipinski definition) is 3. The molecule has 0 aliphatic rings. The summed E-state index contributed by atoms with van der Waals surface area (Å²) in [6.45, 7) is 7.58. The van der Waals surface area contributed by atoms with Crippen molar-refractivity contribution in [3.63, 3.8) is 0 Å². The highest BCUT2D eigenvalue weighted by molar-refractivity contribution is 5.69. The van der Waals surface area contributed by atoms with E-state index in [0.29, 0.717) is 18.1 Å². The molecule has 1 aromatic rings. The zero-order valence-electron chi connectivity index (χ0n) is 8.37. The molecule has 3 heteroatoms. The van der Waals surface area contributed by atoms with Gasteiger partial charge in [0.2, 0.25) is 0 Å². The van der Waals surface area contributed by atoms with Gasteiger partial charge in [0.05, 0.1) is 6.61 Å². The van der Waals surface area contributed by atoms with Crippen molar-refractivity contribution in [2.45, 2.75) is 13.8 Å². The molecule has 0 aromatic heterocycles. The van der Waals surface area contributed by atoms with Crippen molar-refractivity contribution in [1.82, 2.24) is 0 Å². The van der Waals surface area contributed by atoms with Gasteiger partial charge in [-0.2, -0.15) is 0 Å². The van der Waals surface area contributed by atoms with E-state index in [-0.39, 0.29) is 5.97 Å². The summed E-state index contributed by atoms with van der Waals surface area (Å²) in [6.07, 6.45) is 0. The van der Waals surface area contributed by atoms with Crippen molar-refractivity contribution in [3.8, 4) is 11.5 Å². The number of esters is 1. The summed E-state index contributed by atoms with van der Waals surface area (Å²) >= 11 is 0. The molecule has 75 valence electrons. The average molecular weight is 193 g/mol. The Morgan fingerprint density at radius 2 is 2.00 bits per heavy atom. The smallest absolute Gasteiger partial charge is 0.308 e. The fourth-order valence-corrected chi connectivity index (χ4v) is 1.11. The Labute approximate surface area is 83.6 Å². The summed E-state index contributed by atoms with van der Waals surface area (Å²) in [6, 6.07) is 5.14. The maximum atomic E-state index is 10.7. The van der Waals surface area contributed by atoms with Gasteiger partial charge >= 0.3 is 5.97 Å². The molecule has 0 amide bonds. The van der Waals surface area contributed by atoms with Crippen LogP contribution in [-0.4, -0.2) is 12.6 Å². The Balaban J connectivity index is 2.88. The minimum Gasteiger partial charge on any atom is -0.494 e. The van der Waals surface area contributed by atoms with Crippen LogP contribution in [0.25, 0.3) is 0 Å². The molecule has 0 atom stereocenters. The van der Waals surface area contributed by atoms with E-state index in [2.05, 4.69) is 6.92 Å². The van der Waals surface area contributed by atoms with E-state index in [0.717, 1.165) is 5.56 Å². The zero-order valence-corrected chi connectivity index (χ0v) is 8.37. The lowest BCUT2D eigenvalue weighted by Crippen LogP contribution is -2.02. The second-order valence-electron chi connectivity index (χ2n) is 2.84. The van der Waals surface area contributed by atoms with Crippen molar-refractivity contribution >= 4 is 5.97 Å². The standard InChI is InChI=1S/C11H13O3/c1-4-13-10-5-8(2)6-11(7-10)14-9(3)12/h5-7H,2,4H2,1,3H3. The fraction of sp³-hybridized carbons (Fsp3) is 0.273. The number of rotatable bonds is 3. The lowest BCUT2D eigenvalue weighted by atomic mass is 10.2. The van der Waals surface area contributed by atoms with Crippen LogP contribution in [0.1, 0.15) is 19.4 Å². The van der Waals surface area contributed by atoms with Crippen LogP contribution in [0.15, 0.2) is 18.2 Å². The van der Waals surface area contributed by atoms with E-state index in [9.17, 15) is 4.79 Å². The predicted molar refractivity (Wildman–Crippen MR) is 53.4 cm³/mol. The second-order valence-corrected chi connectivity index (χ2v) is 2.84. The first kappa shape index (κ1) is 10.6. The van der Waals surface area contributed by atoms with Gasteiger partial charge in [-0.05, 0) is 31.5 Å². The van der Waals surface area contributed by atoms with Gasteiger partial charge in [0.25, 0.3) is 0 Å². The zero-order chi connectivity index (χ0) is 10.6. The van der Waals surface area contributed by atoms with Crippen molar-refractivity contribution in [2.75, 3.05) is 6.61 Å². The van der Waals surface area contributed by atoms with Gasteiger partial charge in [0.15, 0.2) is 0 Å². The average Bonchev–Trinajstić information content (AvgIpc) is 2.01. The largest absolute Gasteiger partial charge is 0.494 e. The fourth-order valence-electron chi connectivity index (χ4n) is 1.11. The first-order valence-electron chi connectivity index (χ1n) is 4.40. The summed E-state index contributed by atoms with van der Waals surface area (Å²) < 4.78 is 10.2. The number of carbonyl (C=O) groups is 1. The second kappa shape index (κ2) is 4.65. The summed E-state index contributed by atoms with van der Waals surface area (Å²) in [5, 5.41) is 0. The molecule has 0 heterocycles. The Kier molecular flexibility index (Phi) is 3.51. The molecular weight excluding hydrogens is 180 g/mol. The molecule has 0 saturated heterocycles. The highest BCUT2D eigenvalue weighted by Crippen LogP contribution is 2.22. The topological polar surface area (TPSA) is 35.5 Å². The number of carbonyl (C=O) groups excluding carboxylic acids is 1. The van der Waals surface area contributed by atoms with E-state index < -0.39 is 0 Å². The van der Waals surface area contributed by atoms with Gasteiger partial charge in [-0.25, -0.2) is 0 Å². The Hall–Kier alpha value is -1.51. The summed E-state index contributed by atoms with van der Waals surface area (Å²) in [7, 11) is 0. The van der Waals surface area contributed by atoms with Crippen LogP contribution >= 0.6 is 0 Å². The molecular formula is C11H13O3. The lowest BCUT2D eigenvalue weighted by molar-refractivity contribution is -0.131. The minimum atomic E-state index is -0.349. The third-order valence-electron chi connectivity index (χ3n) is 1.51. The van der Waals surface area contributed by atoms with E-state index in [1.807, 2.05) is 6.92 Å². The van der Waals surface area contributed by atoms with E-state index >= 15 is 0 Å². The molecule has 0 spiro atoms. The van der Waals surface area contributed by atoms with Crippen LogP contribution in [-0.2, 0) is 4.79 Å². The Bertz CT molecular complexity index is 331. The van der Waals surface area contributed by atoms with Crippen molar-refractivity contribution in [1.29, 1.82) is 0 Å². The molecule has 1 radical (unpaired) electrons. The lowest BCUT2D eigenvalue weighted by Gasteiger charge is -2.07. The molecule has 0 unspecified atom stereocenters. The highest BCUT2D eigenvalue weighted by atomic mass is 16.5. The first-order valence-corrected chi connectivity index (χ1v) is 4.40. The Morgan fingerprint density at radius 3 is 2.57 bits per heavy atom. The van der Waals surface area contributed by atoms with Crippen LogP contribution in [0.2, 0.25) is 0 Å². The molecule has 0 fully saturated rings. The molecule has 0 saturated carbocycles. The van der Waals surface area contributed by atoms with Crippen molar-refractivity contribution < 1.29 is 14.3 Å². The molecule has 0 aliphatic heterocycles. The monoisotopic (exact) mass is 193 g/mol. The number of benzene rings is 1. The van der Waals surface area contributed by atoms with Gasteiger partial charge in [-0.15, -0.1) is 0 Å². The Morgan fingerprint density at radius 1 is 1.36 bits per heavy atom. The van der Waals surface area contributed by atoms with Gasteiger partial charge < -0.3 is 9.47 Å². The van der Waals surface area contributed by atoms with Crippen LogP contribution in [0.4, 0.5) is 0 Å². The quantitative estimate of drug-likeness (QED) is 0.545. The maximum absolute atomic E-state index is 10.7. The summed E-state index contributed by atoms with van der Waals surface area (Å²) in [5.74, 6) is 0.780. The van der Waals surface area contributed by atoms with Crippen LogP contribution in [0, 0.1) is 6.92 Å². The molecule has 0 N–H and O–H groups in total. The third kappa shape index (κ3) is 3.09. The molecule has 0 aliphatic carbocycles. The maximum Gasteiger partial charge on any atom is 0.308 e. The molecule has 1 rings (SSSR count). The number of ether oxygens (including phenoxy) is 2. The summed E-state index contributed by atoms with van der Waals surface area (Å²) in [5.41, 5.74) is 0.757. The normalized spacial score (nSPS) is 9.64. The first-order chi connectivity index (χ1) is 6.61. The van der Waals surface area contributed by atoms with Crippen LogP contribution in [0.5, 0.6) is 11.5 Å².